The highest BCUT2D eigenvalue weighted by Gasteiger charge is 2.31. The Morgan fingerprint density at radius 3 is 1.94 bits per heavy atom. The number of aliphatic carboxylic acids is 2. The van der Waals surface area contributed by atoms with Crippen molar-refractivity contribution >= 4 is 42.3 Å². The summed E-state index contributed by atoms with van der Waals surface area (Å²) in [6.45, 7) is 1.16. The fourth-order valence-electron chi connectivity index (χ4n) is 2.75. The first-order valence-electron chi connectivity index (χ1n) is 10.0. The summed E-state index contributed by atoms with van der Waals surface area (Å²) in [5.74, 6) is -5.81. The fourth-order valence-corrected chi connectivity index (χ4v) is 3.00. The maximum atomic E-state index is 12.9. The molecule has 34 heavy (non-hydrogen) atoms. The van der Waals surface area contributed by atoms with Crippen LogP contribution in [0.4, 0.5) is 0 Å². The van der Waals surface area contributed by atoms with Crippen molar-refractivity contribution in [2.45, 2.75) is 50.0 Å². The van der Waals surface area contributed by atoms with Crippen molar-refractivity contribution in [3.8, 4) is 5.75 Å². The molecule has 0 aliphatic carbocycles. The zero-order valence-corrected chi connectivity index (χ0v) is 19.1. The number of phenolic OH excluding ortho intramolecular Hbond substituents is 1. The highest BCUT2D eigenvalue weighted by Crippen LogP contribution is 2.12. The molecule has 0 saturated heterocycles. The molecule has 0 aromatic heterocycles. The fraction of sp³-hybridized carbons (Fsp3) is 0.450. The molecule has 0 bridgehead atoms. The Morgan fingerprint density at radius 1 is 0.941 bits per heavy atom. The van der Waals surface area contributed by atoms with Crippen molar-refractivity contribution in [2.75, 3.05) is 5.75 Å². The van der Waals surface area contributed by atoms with Crippen LogP contribution in [0.25, 0.3) is 0 Å². The lowest BCUT2D eigenvalue weighted by Gasteiger charge is -2.25. The summed E-state index contributed by atoms with van der Waals surface area (Å²) in [6.07, 6.45) is -2.21. The molecule has 0 heterocycles. The number of hydrogen-bond acceptors (Lipinski definition) is 9. The van der Waals surface area contributed by atoms with Gasteiger partial charge in [-0.1, -0.05) is 12.1 Å². The van der Waals surface area contributed by atoms with Gasteiger partial charge in [-0.05, 0) is 24.6 Å². The number of benzene rings is 1. The SMILES string of the molecule is CC(O)C(NC(=O)C(CS)NC(=O)C(Cc1ccc(O)cc1)NC(=O)C(N)CC(=O)O)C(=O)O. The lowest BCUT2D eigenvalue weighted by molar-refractivity contribution is -0.145. The van der Waals surface area contributed by atoms with E-state index in [9.17, 15) is 34.2 Å². The molecule has 1 rings (SSSR count). The number of aliphatic hydroxyl groups excluding tert-OH is 1. The van der Waals surface area contributed by atoms with Gasteiger partial charge < -0.3 is 42.1 Å². The first kappa shape index (κ1) is 28.7. The van der Waals surface area contributed by atoms with E-state index in [4.69, 9.17) is 15.9 Å². The number of phenols is 1. The van der Waals surface area contributed by atoms with Crippen molar-refractivity contribution in [1.82, 2.24) is 16.0 Å². The molecule has 0 saturated carbocycles. The number of carbonyl (C=O) groups is 5. The van der Waals surface area contributed by atoms with Crippen LogP contribution in [-0.2, 0) is 30.4 Å². The largest absolute Gasteiger partial charge is 0.508 e. The number of thiol groups is 1. The predicted molar refractivity (Wildman–Crippen MR) is 121 cm³/mol. The number of nitrogens with two attached hydrogens (primary N) is 1. The van der Waals surface area contributed by atoms with Gasteiger partial charge in [0.15, 0.2) is 6.04 Å². The molecule has 5 unspecified atom stereocenters. The number of carboxylic acid groups (broad SMARTS) is 2. The Bertz CT molecular complexity index is 895. The number of nitrogens with one attached hydrogen (secondary N) is 3. The second-order valence-electron chi connectivity index (χ2n) is 7.44. The molecule has 3 amide bonds. The van der Waals surface area contributed by atoms with E-state index in [-0.39, 0.29) is 17.9 Å². The van der Waals surface area contributed by atoms with Gasteiger partial charge in [-0.2, -0.15) is 12.6 Å². The number of carboxylic acids is 2. The number of rotatable bonds is 13. The number of hydrogen-bond donors (Lipinski definition) is 9. The predicted octanol–water partition coefficient (Wildman–Crippen LogP) is -2.41. The smallest absolute Gasteiger partial charge is 0.328 e. The van der Waals surface area contributed by atoms with E-state index < -0.39 is 66.4 Å². The Hall–Kier alpha value is -3.36. The molecule has 0 fully saturated rings. The van der Waals surface area contributed by atoms with Gasteiger partial charge in [0.25, 0.3) is 0 Å². The lowest BCUT2D eigenvalue weighted by Crippen LogP contribution is -2.59. The summed E-state index contributed by atoms with van der Waals surface area (Å²) in [5, 5.41) is 43.7. The molecule has 9 N–H and O–H groups in total. The molecule has 0 radical (unpaired) electrons. The van der Waals surface area contributed by atoms with Gasteiger partial charge in [0.1, 0.15) is 17.8 Å². The van der Waals surface area contributed by atoms with Gasteiger partial charge in [0.05, 0.1) is 18.6 Å². The summed E-state index contributed by atoms with van der Waals surface area (Å²) >= 11 is 3.99. The molecule has 0 spiro atoms. The minimum Gasteiger partial charge on any atom is -0.508 e. The highest BCUT2D eigenvalue weighted by molar-refractivity contribution is 7.80. The average Bonchev–Trinajstić information content (AvgIpc) is 2.75. The highest BCUT2D eigenvalue weighted by atomic mass is 32.1. The molecule has 13 nitrogen and oxygen atoms in total. The van der Waals surface area contributed by atoms with Crippen molar-refractivity contribution < 1.29 is 44.4 Å². The topological polar surface area (TPSA) is 228 Å². The van der Waals surface area contributed by atoms with Gasteiger partial charge in [-0.3, -0.25) is 19.2 Å². The molecule has 0 aliphatic rings. The van der Waals surface area contributed by atoms with E-state index in [1.54, 1.807) is 0 Å². The maximum absolute atomic E-state index is 12.9. The van der Waals surface area contributed by atoms with Gasteiger partial charge in [-0.15, -0.1) is 0 Å². The first-order valence-corrected chi connectivity index (χ1v) is 10.7. The molecule has 0 aliphatic heterocycles. The summed E-state index contributed by atoms with van der Waals surface area (Å²) in [5.41, 5.74) is 6.06. The van der Waals surface area contributed by atoms with Crippen molar-refractivity contribution in [1.29, 1.82) is 0 Å². The van der Waals surface area contributed by atoms with Gasteiger partial charge in [0, 0.05) is 12.2 Å². The summed E-state index contributed by atoms with van der Waals surface area (Å²) in [7, 11) is 0. The standard InChI is InChI=1S/C20H28N4O9S/c1-9(25)16(20(32)33)24-19(31)14(8-34)23-18(30)13(6-10-2-4-11(26)5-3-10)22-17(29)12(21)7-15(27)28/h2-5,9,12-14,16,25-26,34H,6-8,21H2,1H3,(H,22,29)(H,23,30)(H,24,31)(H,27,28)(H,32,33). The van der Waals surface area contributed by atoms with Crippen LogP contribution in [0.5, 0.6) is 5.75 Å². The van der Waals surface area contributed by atoms with E-state index in [2.05, 4.69) is 28.6 Å². The third-order valence-electron chi connectivity index (χ3n) is 4.60. The third kappa shape index (κ3) is 9.25. The summed E-state index contributed by atoms with van der Waals surface area (Å²) < 4.78 is 0. The van der Waals surface area contributed by atoms with Crippen LogP contribution in [-0.4, -0.2) is 86.1 Å². The lowest BCUT2D eigenvalue weighted by atomic mass is 10.0. The molecule has 14 heteroatoms. The van der Waals surface area contributed by atoms with Crippen molar-refractivity contribution in [2.24, 2.45) is 5.73 Å². The van der Waals surface area contributed by atoms with Gasteiger partial charge >= 0.3 is 11.9 Å². The van der Waals surface area contributed by atoms with E-state index in [0.29, 0.717) is 5.56 Å². The van der Waals surface area contributed by atoms with E-state index in [0.717, 1.165) is 6.92 Å². The van der Waals surface area contributed by atoms with Gasteiger partial charge in [0.2, 0.25) is 17.7 Å². The second-order valence-corrected chi connectivity index (χ2v) is 7.81. The Kier molecular flexibility index (Phi) is 11.3. The van der Waals surface area contributed by atoms with Crippen LogP contribution in [0.1, 0.15) is 18.9 Å². The van der Waals surface area contributed by atoms with Gasteiger partial charge in [-0.25, -0.2) is 4.79 Å². The minimum absolute atomic E-state index is 0.0322. The normalized spacial score (nSPS) is 15.2. The van der Waals surface area contributed by atoms with E-state index in [1.165, 1.54) is 24.3 Å². The van der Waals surface area contributed by atoms with Crippen molar-refractivity contribution in [3.05, 3.63) is 29.8 Å². The monoisotopic (exact) mass is 500 g/mol. The molecule has 1 aromatic rings. The van der Waals surface area contributed by atoms with Crippen LogP contribution in [0, 0.1) is 0 Å². The second kappa shape index (κ2) is 13.4. The van der Waals surface area contributed by atoms with Crippen LogP contribution < -0.4 is 21.7 Å². The molecule has 5 atom stereocenters. The Labute approximate surface area is 200 Å². The van der Waals surface area contributed by atoms with Crippen LogP contribution in [0.15, 0.2) is 24.3 Å². The van der Waals surface area contributed by atoms with Crippen LogP contribution in [0.3, 0.4) is 0 Å². The number of carbonyl (C=O) groups excluding carboxylic acids is 3. The Morgan fingerprint density at radius 2 is 1.47 bits per heavy atom. The van der Waals surface area contributed by atoms with E-state index in [1.807, 2.05) is 0 Å². The van der Waals surface area contributed by atoms with Crippen molar-refractivity contribution in [3.63, 3.8) is 0 Å². The average molecular weight is 501 g/mol. The van der Waals surface area contributed by atoms with Crippen LogP contribution >= 0.6 is 12.6 Å². The molecule has 188 valence electrons. The maximum Gasteiger partial charge on any atom is 0.328 e. The molecule has 1 aromatic carbocycles. The summed E-state index contributed by atoms with van der Waals surface area (Å²) in [4.78, 5) is 59.7. The minimum atomic E-state index is -1.63. The summed E-state index contributed by atoms with van der Waals surface area (Å²) in [6, 6.07) is -0.0263. The zero-order valence-electron chi connectivity index (χ0n) is 18.2. The molecular weight excluding hydrogens is 472 g/mol. The number of amides is 3. The number of aromatic hydroxyl groups is 1. The quantitative estimate of drug-likeness (QED) is 0.130. The first-order chi connectivity index (χ1) is 15.8. The zero-order chi connectivity index (χ0) is 26.0. The number of aliphatic hydroxyl groups is 1. The van der Waals surface area contributed by atoms with Crippen LogP contribution in [0.2, 0.25) is 0 Å². The third-order valence-corrected chi connectivity index (χ3v) is 4.97. The Balaban J connectivity index is 3.03. The van der Waals surface area contributed by atoms with E-state index >= 15 is 0 Å². The molecular formula is C20H28N4O9S.